The van der Waals surface area contributed by atoms with E-state index < -0.39 is 5.60 Å². The van der Waals surface area contributed by atoms with Crippen LogP contribution in [0.5, 0.6) is 0 Å². The molecular weight excluding hydrogens is 485 g/mol. The van der Waals surface area contributed by atoms with Gasteiger partial charge in [-0.3, -0.25) is 4.99 Å². The lowest BCUT2D eigenvalue weighted by Gasteiger charge is -2.33. The molecule has 1 heterocycles. The monoisotopic (exact) mass is 527 g/mol. The average Bonchev–Trinajstić information content (AvgIpc) is 2.63. The molecule has 0 atom stereocenters. The number of carbonyl (C=O) groups excluding carboxylic acids is 1. The Morgan fingerprint density at radius 1 is 1.21 bits per heavy atom. The van der Waals surface area contributed by atoms with Crippen LogP contribution < -0.4 is 10.6 Å². The zero-order valence-corrected chi connectivity index (χ0v) is 21.5. The summed E-state index contributed by atoms with van der Waals surface area (Å²) in [6.45, 7) is 11.7. The second-order valence-electron chi connectivity index (χ2n) is 8.44. The molecular formula is C20H42IN5O3. The summed E-state index contributed by atoms with van der Waals surface area (Å²) in [7, 11) is 5.65. The van der Waals surface area contributed by atoms with Crippen LogP contribution in [0, 0.1) is 5.92 Å². The highest BCUT2D eigenvalue weighted by molar-refractivity contribution is 14.0. The summed E-state index contributed by atoms with van der Waals surface area (Å²) in [6, 6.07) is 0. The van der Waals surface area contributed by atoms with E-state index in [0.717, 1.165) is 71.1 Å². The fourth-order valence-corrected chi connectivity index (χ4v) is 3.06. The second kappa shape index (κ2) is 15.1. The Morgan fingerprint density at radius 3 is 2.41 bits per heavy atom. The molecule has 0 saturated carbocycles. The van der Waals surface area contributed by atoms with Gasteiger partial charge in [0.25, 0.3) is 0 Å². The molecule has 1 amide bonds. The first kappa shape index (κ1) is 28.2. The van der Waals surface area contributed by atoms with Crippen LogP contribution in [0.1, 0.15) is 40.0 Å². The lowest BCUT2D eigenvalue weighted by atomic mass is 9.97. The van der Waals surface area contributed by atoms with E-state index in [2.05, 4.69) is 27.6 Å². The van der Waals surface area contributed by atoms with Crippen LogP contribution in [0.3, 0.4) is 0 Å². The molecule has 0 bridgehead atoms. The molecule has 8 nitrogen and oxygen atoms in total. The molecule has 0 aliphatic carbocycles. The van der Waals surface area contributed by atoms with Crippen LogP contribution in [0.15, 0.2) is 4.99 Å². The molecule has 1 aliphatic rings. The number of nitrogens with zero attached hydrogens (tertiary/aromatic N) is 3. The van der Waals surface area contributed by atoms with Crippen LogP contribution in [0.25, 0.3) is 0 Å². The third-order valence-electron chi connectivity index (χ3n) is 4.72. The number of hydrogen-bond donors (Lipinski definition) is 2. The molecule has 0 radical (unpaired) electrons. The first-order valence-corrected chi connectivity index (χ1v) is 10.3. The molecule has 0 spiro atoms. The van der Waals surface area contributed by atoms with Crippen molar-refractivity contribution in [2.75, 3.05) is 67.1 Å². The van der Waals surface area contributed by atoms with Gasteiger partial charge in [-0.15, -0.1) is 24.0 Å². The van der Waals surface area contributed by atoms with Crippen LogP contribution >= 0.6 is 24.0 Å². The van der Waals surface area contributed by atoms with Gasteiger partial charge in [0.15, 0.2) is 5.96 Å². The van der Waals surface area contributed by atoms with Crippen molar-refractivity contribution in [2.45, 2.75) is 45.6 Å². The summed E-state index contributed by atoms with van der Waals surface area (Å²) < 4.78 is 10.5. The number of carbonyl (C=O) groups is 1. The predicted molar refractivity (Wildman–Crippen MR) is 129 cm³/mol. The van der Waals surface area contributed by atoms with E-state index in [1.807, 2.05) is 25.7 Å². The average molecular weight is 527 g/mol. The van der Waals surface area contributed by atoms with Crippen LogP contribution in [-0.4, -0.2) is 94.5 Å². The van der Waals surface area contributed by atoms with Gasteiger partial charge in [0.1, 0.15) is 5.60 Å². The number of ether oxygens (including phenoxy) is 2. The molecule has 1 aliphatic heterocycles. The molecule has 1 rings (SSSR count). The largest absolute Gasteiger partial charge is 0.444 e. The smallest absolute Gasteiger partial charge is 0.410 e. The van der Waals surface area contributed by atoms with Gasteiger partial charge in [0, 0.05) is 60.0 Å². The van der Waals surface area contributed by atoms with E-state index in [1.54, 1.807) is 14.2 Å². The lowest BCUT2D eigenvalue weighted by Crippen LogP contribution is -2.46. The van der Waals surface area contributed by atoms with E-state index in [4.69, 9.17) is 9.47 Å². The Bertz CT molecular complexity index is 477. The number of rotatable bonds is 9. The Kier molecular flexibility index (Phi) is 14.6. The fraction of sp³-hybridized carbons (Fsp3) is 0.900. The van der Waals surface area contributed by atoms with Gasteiger partial charge < -0.3 is 29.9 Å². The van der Waals surface area contributed by atoms with E-state index in [9.17, 15) is 4.79 Å². The number of nitrogens with one attached hydrogen (secondary N) is 2. The van der Waals surface area contributed by atoms with Gasteiger partial charge in [0.2, 0.25) is 0 Å². The van der Waals surface area contributed by atoms with Crippen molar-refractivity contribution in [3.8, 4) is 0 Å². The van der Waals surface area contributed by atoms with Crippen LogP contribution in [-0.2, 0) is 9.47 Å². The summed E-state index contributed by atoms with van der Waals surface area (Å²) in [5, 5.41) is 6.78. The highest BCUT2D eigenvalue weighted by Crippen LogP contribution is 2.19. The van der Waals surface area contributed by atoms with E-state index in [0.29, 0.717) is 5.92 Å². The molecule has 0 aromatic heterocycles. The number of aliphatic imine (C=N–C) groups is 1. The maximum Gasteiger partial charge on any atom is 0.410 e. The number of hydrogen-bond acceptors (Lipinski definition) is 5. The fourth-order valence-electron chi connectivity index (χ4n) is 3.06. The Hall–Kier alpha value is -0.810. The van der Waals surface area contributed by atoms with Gasteiger partial charge in [-0.1, -0.05) is 0 Å². The quantitative estimate of drug-likeness (QED) is 0.208. The van der Waals surface area contributed by atoms with Gasteiger partial charge in [0.05, 0.1) is 0 Å². The molecule has 0 aromatic rings. The number of guanidine groups is 1. The Balaban J connectivity index is 0.00000784. The van der Waals surface area contributed by atoms with Gasteiger partial charge >= 0.3 is 6.09 Å². The third-order valence-corrected chi connectivity index (χ3v) is 4.72. The maximum atomic E-state index is 12.1. The van der Waals surface area contributed by atoms with Crippen molar-refractivity contribution in [3.05, 3.63) is 0 Å². The first-order valence-electron chi connectivity index (χ1n) is 10.3. The van der Waals surface area contributed by atoms with Gasteiger partial charge in [-0.25, -0.2) is 4.79 Å². The standard InChI is InChI=1S/C20H41N5O3.HI/c1-20(2,3)28-19(26)25-12-8-17(9-13-25)16-23-18(21-4)22-10-14-24(5)11-7-15-27-6;/h17H,7-16H2,1-6H3,(H2,21,22,23);1H. The molecule has 9 heteroatoms. The number of halogens is 1. The summed E-state index contributed by atoms with van der Waals surface area (Å²) in [6.07, 6.45) is 2.80. The van der Waals surface area contributed by atoms with Crippen LogP contribution in [0.2, 0.25) is 0 Å². The van der Waals surface area contributed by atoms with Crippen molar-refractivity contribution in [1.29, 1.82) is 0 Å². The molecule has 2 N–H and O–H groups in total. The van der Waals surface area contributed by atoms with Crippen molar-refractivity contribution >= 4 is 36.0 Å². The van der Waals surface area contributed by atoms with Crippen molar-refractivity contribution in [2.24, 2.45) is 10.9 Å². The number of piperidine rings is 1. The van der Waals surface area contributed by atoms with E-state index >= 15 is 0 Å². The maximum absolute atomic E-state index is 12.1. The Labute approximate surface area is 194 Å². The topological polar surface area (TPSA) is 78.4 Å². The molecule has 1 fully saturated rings. The zero-order chi connectivity index (χ0) is 21.0. The summed E-state index contributed by atoms with van der Waals surface area (Å²) >= 11 is 0. The number of amides is 1. The normalized spacial score (nSPS) is 15.8. The minimum Gasteiger partial charge on any atom is -0.444 e. The lowest BCUT2D eigenvalue weighted by molar-refractivity contribution is 0.0185. The second-order valence-corrected chi connectivity index (χ2v) is 8.44. The van der Waals surface area contributed by atoms with Gasteiger partial charge in [-0.2, -0.15) is 0 Å². The van der Waals surface area contributed by atoms with E-state index in [1.165, 1.54) is 0 Å². The highest BCUT2D eigenvalue weighted by atomic mass is 127. The molecule has 0 aromatic carbocycles. The van der Waals surface area contributed by atoms with Crippen LogP contribution in [0.4, 0.5) is 4.79 Å². The zero-order valence-electron chi connectivity index (χ0n) is 19.1. The number of methoxy groups -OCH3 is 1. The molecule has 29 heavy (non-hydrogen) atoms. The molecule has 172 valence electrons. The SMILES string of the molecule is CN=C(NCCN(C)CCCOC)NCC1CCN(C(=O)OC(C)(C)C)CC1.I. The van der Waals surface area contributed by atoms with E-state index in [-0.39, 0.29) is 30.1 Å². The predicted octanol–water partition coefficient (Wildman–Crippen LogP) is 2.38. The van der Waals surface area contributed by atoms with Gasteiger partial charge in [-0.05, 0) is 53.0 Å². The first-order chi connectivity index (χ1) is 13.2. The molecule has 1 saturated heterocycles. The van der Waals surface area contributed by atoms with Crippen molar-refractivity contribution in [3.63, 3.8) is 0 Å². The number of likely N-dealkylation sites (N-methyl/N-ethyl adjacent to an activating group) is 1. The summed E-state index contributed by atoms with van der Waals surface area (Å²) in [5.74, 6) is 1.37. The van der Waals surface area contributed by atoms with Crippen molar-refractivity contribution < 1.29 is 14.3 Å². The third kappa shape index (κ3) is 13.2. The summed E-state index contributed by atoms with van der Waals surface area (Å²) in [4.78, 5) is 20.5. The number of likely N-dealkylation sites (tertiary alicyclic amines) is 1. The highest BCUT2D eigenvalue weighted by Gasteiger charge is 2.26. The minimum atomic E-state index is -0.439. The minimum absolute atomic E-state index is 0. The Morgan fingerprint density at radius 2 is 1.86 bits per heavy atom. The molecule has 0 unspecified atom stereocenters. The van der Waals surface area contributed by atoms with Crippen molar-refractivity contribution in [1.82, 2.24) is 20.4 Å². The summed E-state index contributed by atoms with van der Waals surface area (Å²) in [5.41, 5.74) is -0.439.